The number of ether oxygens (including phenoxy) is 3. The molecule has 0 saturated heterocycles. The number of nitrogens with zero attached hydrogens (tertiary/aromatic N) is 3. The average molecular weight is 464 g/mol. The molecule has 2 aromatic carbocycles. The van der Waals surface area contributed by atoms with E-state index in [0.717, 1.165) is 12.1 Å². The molecule has 0 aliphatic rings. The van der Waals surface area contributed by atoms with Crippen molar-refractivity contribution in [1.29, 1.82) is 0 Å². The number of aromatic nitrogens is 3. The topological polar surface area (TPSA) is 87.5 Å². The number of benzene rings is 2. The predicted molar refractivity (Wildman–Crippen MR) is 115 cm³/mol. The van der Waals surface area contributed by atoms with Crippen molar-refractivity contribution in [3.8, 4) is 17.2 Å². The second-order valence-electron chi connectivity index (χ2n) is 6.64. The van der Waals surface area contributed by atoms with Crippen molar-refractivity contribution in [2.45, 2.75) is 18.2 Å². The lowest BCUT2D eigenvalue weighted by molar-refractivity contribution is -0.113. The number of hydrogen-bond acceptors (Lipinski definition) is 7. The van der Waals surface area contributed by atoms with Crippen molar-refractivity contribution in [3.05, 3.63) is 53.9 Å². The van der Waals surface area contributed by atoms with Gasteiger partial charge in [0, 0.05) is 19.2 Å². The monoisotopic (exact) mass is 464 g/mol. The summed E-state index contributed by atoms with van der Waals surface area (Å²) in [5.74, 6) is -0.272. The molecule has 1 unspecified atom stereocenters. The molecule has 0 spiro atoms. The van der Waals surface area contributed by atoms with Gasteiger partial charge in [-0.3, -0.25) is 4.79 Å². The van der Waals surface area contributed by atoms with Crippen LogP contribution in [0.25, 0.3) is 0 Å². The highest BCUT2D eigenvalue weighted by Gasteiger charge is 2.20. The summed E-state index contributed by atoms with van der Waals surface area (Å²) >= 11 is 1.18. The highest BCUT2D eigenvalue weighted by molar-refractivity contribution is 7.99. The Kier molecular flexibility index (Phi) is 7.52. The number of anilines is 1. The van der Waals surface area contributed by atoms with Crippen LogP contribution < -0.4 is 19.5 Å². The van der Waals surface area contributed by atoms with Crippen LogP contribution in [0.5, 0.6) is 17.2 Å². The normalized spacial score (nSPS) is 11.7. The quantitative estimate of drug-likeness (QED) is 0.479. The number of thioether (sulfide) groups is 1. The maximum absolute atomic E-state index is 13.8. The molecule has 0 radical (unpaired) electrons. The standard InChI is InChI=1S/C21H22F2N4O4S/c1-12(31-17-8-5-13(22)9-15(17)23)20-25-26-21(27(20)2)32-11-19(28)24-16-7-6-14(29-3)10-18(16)30-4/h5-10,12H,11H2,1-4H3,(H,24,28). The SMILES string of the molecule is COc1ccc(NC(=O)CSc2nnc(C(C)Oc3ccc(F)cc3F)n2C)c(OC)c1. The second-order valence-corrected chi connectivity index (χ2v) is 7.58. The smallest absolute Gasteiger partial charge is 0.234 e. The molecule has 0 saturated carbocycles. The van der Waals surface area contributed by atoms with Gasteiger partial charge in [0.25, 0.3) is 0 Å². The molecule has 8 nitrogen and oxygen atoms in total. The minimum Gasteiger partial charge on any atom is -0.497 e. The molecular weight excluding hydrogens is 442 g/mol. The first-order valence-corrected chi connectivity index (χ1v) is 10.5. The third kappa shape index (κ3) is 5.47. The fraction of sp³-hybridized carbons (Fsp3) is 0.286. The Bertz CT molecular complexity index is 1110. The van der Waals surface area contributed by atoms with E-state index in [9.17, 15) is 13.6 Å². The fourth-order valence-electron chi connectivity index (χ4n) is 2.84. The summed E-state index contributed by atoms with van der Waals surface area (Å²) < 4.78 is 44.5. The lowest BCUT2D eigenvalue weighted by Crippen LogP contribution is -2.15. The van der Waals surface area contributed by atoms with Crippen LogP contribution in [0.4, 0.5) is 14.5 Å². The summed E-state index contributed by atoms with van der Waals surface area (Å²) in [5, 5.41) is 11.4. The lowest BCUT2D eigenvalue weighted by atomic mass is 10.2. The summed E-state index contributed by atoms with van der Waals surface area (Å²) in [6.45, 7) is 1.67. The number of amides is 1. The van der Waals surface area contributed by atoms with Crippen LogP contribution in [-0.4, -0.2) is 40.6 Å². The van der Waals surface area contributed by atoms with E-state index in [4.69, 9.17) is 14.2 Å². The van der Waals surface area contributed by atoms with Gasteiger partial charge in [0.15, 0.2) is 28.7 Å². The van der Waals surface area contributed by atoms with Crippen LogP contribution in [0.1, 0.15) is 18.9 Å². The van der Waals surface area contributed by atoms with E-state index in [2.05, 4.69) is 15.5 Å². The molecule has 0 bridgehead atoms. The number of halogens is 2. The van der Waals surface area contributed by atoms with E-state index < -0.39 is 17.7 Å². The molecule has 11 heteroatoms. The summed E-state index contributed by atoms with van der Waals surface area (Å²) in [6.07, 6.45) is -0.654. The number of nitrogens with one attached hydrogen (secondary N) is 1. The maximum Gasteiger partial charge on any atom is 0.234 e. The molecule has 0 aliphatic heterocycles. The van der Waals surface area contributed by atoms with Crippen molar-refractivity contribution in [1.82, 2.24) is 14.8 Å². The van der Waals surface area contributed by atoms with Crippen molar-refractivity contribution in [2.75, 3.05) is 25.3 Å². The first-order chi connectivity index (χ1) is 15.3. The van der Waals surface area contributed by atoms with Gasteiger partial charge in [-0.15, -0.1) is 10.2 Å². The molecular formula is C21H22F2N4O4S. The summed E-state index contributed by atoms with van der Waals surface area (Å²) in [6, 6.07) is 8.14. The van der Waals surface area contributed by atoms with Crippen LogP contribution in [0.3, 0.4) is 0 Å². The first kappa shape index (κ1) is 23.3. The molecule has 1 aromatic heterocycles. The number of methoxy groups -OCH3 is 2. The van der Waals surface area contributed by atoms with Crippen molar-refractivity contribution < 1.29 is 27.8 Å². The summed E-state index contributed by atoms with van der Waals surface area (Å²) in [7, 11) is 4.76. The van der Waals surface area contributed by atoms with Gasteiger partial charge in [0.2, 0.25) is 5.91 Å². The predicted octanol–water partition coefficient (Wildman–Crippen LogP) is 3.98. The van der Waals surface area contributed by atoms with E-state index >= 15 is 0 Å². The Balaban J connectivity index is 1.61. The number of carbonyl (C=O) groups excluding carboxylic acids is 1. The molecule has 1 N–H and O–H groups in total. The zero-order valence-corrected chi connectivity index (χ0v) is 18.7. The van der Waals surface area contributed by atoms with Crippen LogP contribution in [0.15, 0.2) is 41.6 Å². The minimum atomic E-state index is -0.806. The van der Waals surface area contributed by atoms with Gasteiger partial charge in [-0.2, -0.15) is 0 Å². The molecule has 1 amide bonds. The molecule has 3 rings (SSSR count). The van der Waals surface area contributed by atoms with E-state index in [0.29, 0.717) is 28.2 Å². The van der Waals surface area contributed by atoms with E-state index in [1.54, 1.807) is 43.8 Å². The largest absolute Gasteiger partial charge is 0.497 e. The van der Waals surface area contributed by atoms with Crippen molar-refractivity contribution >= 4 is 23.4 Å². The van der Waals surface area contributed by atoms with Gasteiger partial charge in [-0.05, 0) is 31.2 Å². The lowest BCUT2D eigenvalue weighted by Gasteiger charge is -2.15. The van der Waals surface area contributed by atoms with E-state index in [1.165, 1.54) is 24.9 Å². The van der Waals surface area contributed by atoms with Crippen molar-refractivity contribution in [3.63, 3.8) is 0 Å². The third-order valence-corrected chi connectivity index (χ3v) is 5.47. The van der Waals surface area contributed by atoms with Gasteiger partial charge in [-0.1, -0.05) is 11.8 Å². The summed E-state index contributed by atoms with van der Waals surface area (Å²) in [4.78, 5) is 12.4. The number of hydrogen-bond donors (Lipinski definition) is 1. The average Bonchev–Trinajstić information content (AvgIpc) is 3.14. The molecule has 1 heterocycles. The Hall–Kier alpha value is -3.34. The first-order valence-electron chi connectivity index (χ1n) is 9.48. The molecule has 3 aromatic rings. The van der Waals surface area contributed by atoms with Crippen LogP contribution in [-0.2, 0) is 11.8 Å². The van der Waals surface area contributed by atoms with E-state index in [-0.39, 0.29) is 17.4 Å². The van der Waals surface area contributed by atoms with E-state index in [1.807, 2.05) is 0 Å². The zero-order valence-electron chi connectivity index (χ0n) is 17.9. The Morgan fingerprint density at radius 3 is 2.59 bits per heavy atom. The summed E-state index contributed by atoms with van der Waals surface area (Å²) in [5.41, 5.74) is 0.515. The molecule has 170 valence electrons. The van der Waals surface area contributed by atoms with Gasteiger partial charge >= 0.3 is 0 Å². The number of rotatable bonds is 9. The minimum absolute atomic E-state index is 0.0724. The highest BCUT2D eigenvalue weighted by Crippen LogP contribution is 2.30. The highest BCUT2D eigenvalue weighted by atomic mass is 32.2. The molecule has 1 atom stereocenters. The van der Waals surface area contributed by atoms with Crippen LogP contribution in [0, 0.1) is 11.6 Å². The van der Waals surface area contributed by atoms with Gasteiger partial charge in [0.1, 0.15) is 17.3 Å². The Labute approximate surface area is 187 Å². The zero-order chi connectivity index (χ0) is 23.3. The Morgan fingerprint density at radius 2 is 1.91 bits per heavy atom. The van der Waals surface area contributed by atoms with Crippen LogP contribution >= 0.6 is 11.8 Å². The second kappa shape index (κ2) is 10.3. The van der Waals surface area contributed by atoms with Gasteiger partial charge in [0.05, 0.1) is 25.7 Å². The van der Waals surface area contributed by atoms with Gasteiger partial charge in [-0.25, -0.2) is 8.78 Å². The molecule has 32 heavy (non-hydrogen) atoms. The molecule has 0 aliphatic carbocycles. The fourth-order valence-corrected chi connectivity index (χ4v) is 3.56. The van der Waals surface area contributed by atoms with Crippen LogP contribution in [0.2, 0.25) is 0 Å². The molecule has 0 fully saturated rings. The number of carbonyl (C=O) groups is 1. The Morgan fingerprint density at radius 1 is 1.12 bits per heavy atom. The van der Waals surface area contributed by atoms with Crippen molar-refractivity contribution in [2.24, 2.45) is 7.05 Å². The third-order valence-electron chi connectivity index (χ3n) is 4.45. The maximum atomic E-state index is 13.8. The van der Waals surface area contributed by atoms with Gasteiger partial charge < -0.3 is 24.1 Å².